The van der Waals surface area contributed by atoms with Crippen LogP contribution in [0.2, 0.25) is 5.02 Å². The molecule has 0 bridgehead atoms. The van der Waals surface area contributed by atoms with Crippen LogP contribution in [0.4, 0.5) is 4.39 Å². The molecule has 0 radical (unpaired) electrons. The lowest BCUT2D eigenvalue weighted by atomic mass is 10.1. The van der Waals surface area contributed by atoms with E-state index >= 15 is 0 Å². The fraction of sp³-hybridized carbons (Fsp3) is 0.176. The summed E-state index contributed by atoms with van der Waals surface area (Å²) in [5.41, 5.74) is 1.46. The minimum atomic E-state index is -0.379. The number of para-hydroxylation sites is 1. The number of aromatic nitrogens is 2. The minimum Gasteiger partial charge on any atom is -0.493 e. The Morgan fingerprint density at radius 3 is 2.78 bits per heavy atom. The molecular formula is C17H14ClFN2O2. The van der Waals surface area contributed by atoms with Gasteiger partial charge in [0.1, 0.15) is 11.6 Å². The topological polar surface area (TPSA) is 48.2 Å². The zero-order valence-corrected chi connectivity index (χ0v) is 13.2. The van der Waals surface area contributed by atoms with Crippen molar-refractivity contribution in [2.24, 2.45) is 0 Å². The van der Waals surface area contributed by atoms with Crippen LogP contribution in [0, 0.1) is 5.82 Å². The molecule has 0 N–H and O–H groups in total. The molecule has 0 spiro atoms. The Balaban J connectivity index is 1.86. The fourth-order valence-corrected chi connectivity index (χ4v) is 2.42. The van der Waals surface area contributed by atoms with Crippen LogP contribution in [-0.2, 0) is 6.42 Å². The molecule has 3 aromatic rings. The minimum absolute atomic E-state index is 0.333. The molecule has 0 amide bonds. The van der Waals surface area contributed by atoms with Crippen LogP contribution in [0.15, 0.2) is 46.9 Å². The van der Waals surface area contributed by atoms with Gasteiger partial charge in [-0.3, -0.25) is 0 Å². The van der Waals surface area contributed by atoms with Crippen molar-refractivity contribution in [1.82, 2.24) is 10.2 Å². The highest BCUT2D eigenvalue weighted by molar-refractivity contribution is 6.31. The summed E-state index contributed by atoms with van der Waals surface area (Å²) in [6.45, 7) is 2.45. The maximum atomic E-state index is 13.1. The third-order valence-electron chi connectivity index (χ3n) is 3.24. The van der Waals surface area contributed by atoms with Crippen LogP contribution in [0.25, 0.3) is 11.5 Å². The van der Waals surface area contributed by atoms with Gasteiger partial charge in [0.05, 0.1) is 18.6 Å². The molecule has 23 heavy (non-hydrogen) atoms. The molecule has 0 aliphatic rings. The van der Waals surface area contributed by atoms with Crippen molar-refractivity contribution in [3.63, 3.8) is 0 Å². The van der Waals surface area contributed by atoms with E-state index in [0.717, 1.165) is 11.1 Å². The van der Waals surface area contributed by atoms with Gasteiger partial charge in [-0.25, -0.2) is 4.39 Å². The fourth-order valence-electron chi connectivity index (χ4n) is 2.19. The summed E-state index contributed by atoms with van der Waals surface area (Å²) in [5.74, 6) is 1.09. The number of ether oxygens (including phenoxy) is 1. The summed E-state index contributed by atoms with van der Waals surface area (Å²) in [6.07, 6.45) is 0.336. The smallest absolute Gasteiger partial charge is 0.251 e. The average molecular weight is 333 g/mol. The monoisotopic (exact) mass is 332 g/mol. The molecule has 1 heterocycles. The van der Waals surface area contributed by atoms with Crippen molar-refractivity contribution in [1.29, 1.82) is 0 Å². The van der Waals surface area contributed by atoms with Crippen molar-refractivity contribution >= 4 is 11.6 Å². The Bertz CT molecular complexity index is 820. The SMILES string of the molecule is CCOc1ccccc1-c1nnc(Cc2ccc(F)cc2Cl)o1. The lowest BCUT2D eigenvalue weighted by molar-refractivity contribution is 0.340. The van der Waals surface area contributed by atoms with Crippen LogP contribution in [0.3, 0.4) is 0 Å². The predicted molar refractivity (Wildman–Crippen MR) is 85.1 cm³/mol. The van der Waals surface area contributed by atoms with Gasteiger partial charge in [0.25, 0.3) is 5.89 Å². The average Bonchev–Trinajstić information content (AvgIpc) is 2.99. The first-order valence-corrected chi connectivity index (χ1v) is 7.53. The van der Waals surface area contributed by atoms with Crippen LogP contribution >= 0.6 is 11.6 Å². The summed E-state index contributed by atoms with van der Waals surface area (Å²) in [6, 6.07) is 11.7. The molecular weight excluding hydrogens is 319 g/mol. The Kier molecular flexibility index (Phi) is 4.57. The lowest BCUT2D eigenvalue weighted by Gasteiger charge is -2.06. The lowest BCUT2D eigenvalue weighted by Crippen LogP contribution is -1.93. The van der Waals surface area contributed by atoms with Gasteiger partial charge in [-0.2, -0.15) is 0 Å². The van der Waals surface area contributed by atoms with Crippen LogP contribution in [-0.4, -0.2) is 16.8 Å². The van der Waals surface area contributed by atoms with E-state index in [-0.39, 0.29) is 5.82 Å². The first-order valence-electron chi connectivity index (χ1n) is 7.16. The molecule has 1 aromatic heterocycles. The van der Waals surface area contributed by atoms with Crippen molar-refractivity contribution in [3.05, 3.63) is 64.8 Å². The molecule has 4 nitrogen and oxygen atoms in total. The van der Waals surface area contributed by atoms with Crippen LogP contribution in [0.5, 0.6) is 5.75 Å². The van der Waals surface area contributed by atoms with Crippen molar-refractivity contribution in [2.45, 2.75) is 13.3 Å². The highest BCUT2D eigenvalue weighted by Gasteiger charge is 2.14. The van der Waals surface area contributed by atoms with Gasteiger partial charge in [-0.15, -0.1) is 10.2 Å². The third-order valence-corrected chi connectivity index (χ3v) is 3.59. The number of benzene rings is 2. The van der Waals surface area contributed by atoms with Crippen LogP contribution < -0.4 is 4.74 Å². The van der Waals surface area contributed by atoms with Crippen molar-refractivity contribution in [3.8, 4) is 17.2 Å². The summed E-state index contributed by atoms with van der Waals surface area (Å²) < 4.78 is 24.3. The van der Waals surface area contributed by atoms with E-state index in [4.69, 9.17) is 20.8 Å². The highest BCUT2D eigenvalue weighted by Crippen LogP contribution is 2.29. The van der Waals surface area contributed by atoms with Gasteiger partial charge in [0.2, 0.25) is 5.89 Å². The van der Waals surface area contributed by atoms with Gasteiger partial charge in [0.15, 0.2) is 0 Å². The van der Waals surface area contributed by atoms with E-state index in [2.05, 4.69) is 10.2 Å². The number of rotatable bonds is 5. The quantitative estimate of drug-likeness (QED) is 0.689. The molecule has 2 aromatic carbocycles. The molecule has 0 unspecified atom stereocenters. The molecule has 0 saturated heterocycles. The molecule has 0 aliphatic heterocycles. The number of hydrogen-bond acceptors (Lipinski definition) is 4. The second kappa shape index (κ2) is 6.79. The Hall–Kier alpha value is -2.40. The first kappa shape index (κ1) is 15.5. The zero-order chi connectivity index (χ0) is 16.2. The molecule has 0 fully saturated rings. The molecule has 3 rings (SSSR count). The summed E-state index contributed by atoms with van der Waals surface area (Å²) in [5, 5.41) is 8.42. The van der Waals surface area contributed by atoms with E-state index in [1.807, 2.05) is 31.2 Å². The van der Waals surface area contributed by atoms with Crippen molar-refractivity contribution < 1.29 is 13.5 Å². The van der Waals surface area contributed by atoms with Gasteiger partial charge < -0.3 is 9.15 Å². The first-order chi connectivity index (χ1) is 11.2. The molecule has 0 atom stereocenters. The van der Waals surface area contributed by atoms with Crippen LogP contribution in [0.1, 0.15) is 18.4 Å². The number of hydrogen-bond donors (Lipinski definition) is 0. The maximum Gasteiger partial charge on any atom is 0.251 e. The zero-order valence-electron chi connectivity index (χ0n) is 12.4. The normalized spacial score (nSPS) is 10.7. The Labute approximate surface area is 137 Å². The van der Waals surface area contributed by atoms with E-state index in [1.54, 1.807) is 6.07 Å². The number of nitrogens with zero attached hydrogens (tertiary/aromatic N) is 2. The van der Waals surface area contributed by atoms with Gasteiger partial charge >= 0.3 is 0 Å². The van der Waals surface area contributed by atoms with Gasteiger partial charge in [0, 0.05) is 5.02 Å². The Morgan fingerprint density at radius 1 is 1.17 bits per heavy atom. The maximum absolute atomic E-state index is 13.1. The van der Waals surface area contributed by atoms with Gasteiger partial charge in [-0.1, -0.05) is 29.8 Å². The highest BCUT2D eigenvalue weighted by atomic mass is 35.5. The standard InChI is InChI=1S/C17H14ClFN2O2/c1-2-22-15-6-4-3-5-13(15)17-21-20-16(23-17)9-11-7-8-12(19)10-14(11)18/h3-8,10H,2,9H2,1H3. The second-order valence-electron chi connectivity index (χ2n) is 4.84. The van der Waals surface area contributed by atoms with E-state index in [0.29, 0.717) is 35.6 Å². The van der Waals surface area contributed by atoms with Crippen molar-refractivity contribution in [2.75, 3.05) is 6.61 Å². The summed E-state index contributed by atoms with van der Waals surface area (Å²) in [7, 11) is 0. The summed E-state index contributed by atoms with van der Waals surface area (Å²) in [4.78, 5) is 0. The third kappa shape index (κ3) is 3.51. The predicted octanol–water partition coefficient (Wildman–Crippen LogP) is 4.52. The molecule has 0 aliphatic carbocycles. The van der Waals surface area contributed by atoms with E-state index in [1.165, 1.54) is 12.1 Å². The molecule has 0 saturated carbocycles. The van der Waals surface area contributed by atoms with Gasteiger partial charge in [-0.05, 0) is 36.8 Å². The summed E-state index contributed by atoms with van der Waals surface area (Å²) >= 11 is 6.02. The van der Waals surface area contributed by atoms with E-state index < -0.39 is 0 Å². The molecule has 118 valence electrons. The number of halogens is 2. The Morgan fingerprint density at radius 2 is 2.00 bits per heavy atom. The van der Waals surface area contributed by atoms with E-state index in [9.17, 15) is 4.39 Å². The largest absolute Gasteiger partial charge is 0.493 e. The molecule has 6 heteroatoms. The second-order valence-corrected chi connectivity index (χ2v) is 5.25.